The number of fused-ring (bicyclic) bond motifs is 4. The fraction of sp³-hybridized carbons (Fsp3) is 0.200. The van der Waals surface area contributed by atoms with Crippen LogP contribution in [-0.4, -0.2) is 9.55 Å². The van der Waals surface area contributed by atoms with Crippen molar-refractivity contribution in [3.8, 4) is 17.3 Å². The van der Waals surface area contributed by atoms with E-state index in [1.54, 1.807) is 0 Å². The number of aryl methyl sites for hydroxylation is 1. The zero-order valence-corrected chi connectivity index (χ0v) is 32.3. The van der Waals surface area contributed by atoms with Crippen molar-refractivity contribution in [2.24, 2.45) is 0 Å². The summed E-state index contributed by atoms with van der Waals surface area (Å²) in [6.07, 6.45) is 1.90. The monoisotopic (exact) mass is 848 g/mol. The molecule has 3 heterocycles. The van der Waals surface area contributed by atoms with Gasteiger partial charge in [0.2, 0.25) is 0 Å². The van der Waals surface area contributed by atoms with Gasteiger partial charge in [-0.1, -0.05) is 95.1 Å². The quantitative estimate of drug-likeness (QED) is 0.162. The molecule has 0 bridgehead atoms. The molecular formula is C45H41N4OPt-3. The van der Waals surface area contributed by atoms with Gasteiger partial charge in [-0.25, -0.2) is 4.98 Å². The zero-order chi connectivity index (χ0) is 34.8. The van der Waals surface area contributed by atoms with Gasteiger partial charge in [0.05, 0.1) is 0 Å². The number of hydrogen-bond donors (Lipinski definition) is 0. The third-order valence-corrected chi connectivity index (χ3v) is 9.52. The van der Waals surface area contributed by atoms with E-state index in [0.717, 1.165) is 55.9 Å². The van der Waals surface area contributed by atoms with Gasteiger partial charge in [-0.2, -0.15) is 6.07 Å². The molecule has 0 saturated heterocycles. The predicted octanol–water partition coefficient (Wildman–Crippen LogP) is 11.9. The van der Waals surface area contributed by atoms with Crippen molar-refractivity contribution < 1.29 is 25.8 Å². The van der Waals surface area contributed by atoms with Gasteiger partial charge >= 0.3 is 0 Å². The van der Waals surface area contributed by atoms with E-state index < -0.39 is 0 Å². The molecule has 7 aromatic rings. The molecule has 5 aromatic carbocycles. The maximum atomic E-state index is 6.70. The molecular weight excluding hydrogens is 808 g/mol. The molecule has 0 spiro atoms. The van der Waals surface area contributed by atoms with E-state index in [0.29, 0.717) is 11.5 Å². The minimum absolute atomic E-state index is 0. The zero-order valence-electron chi connectivity index (χ0n) is 30.1. The van der Waals surface area contributed by atoms with Crippen molar-refractivity contribution in [2.75, 3.05) is 9.80 Å². The molecule has 2 aromatic heterocycles. The average molecular weight is 849 g/mol. The Hall–Kier alpha value is -4.86. The van der Waals surface area contributed by atoms with Crippen LogP contribution in [0.5, 0.6) is 11.5 Å². The SMILES string of the molecule is Cc1ccc(N2[CH-]N(c3[c-]c(Oc4[c-]c5c(cc4)c4ccccc4n5-c4cc(C(C)(C)C)ccn4)cc(C(C)(C)C)c3)c3ccccc32)cc1.[Pt]. The Labute approximate surface area is 315 Å². The molecule has 6 heteroatoms. The Bertz CT molecular complexity index is 2380. The van der Waals surface area contributed by atoms with Crippen LogP contribution in [-0.2, 0) is 31.9 Å². The molecule has 0 N–H and O–H groups in total. The van der Waals surface area contributed by atoms with Gasteiger partial charge in [0.1, 0.15) is 5.82 Å². The molecule has 5 nitrogen and oxygen atoms in total. The number of para-hydroxylation sites is 3. The number of anilines is 4. The topological polar surface area (TPSA) is 33.5 Å². The van der Waals surface area contributed by atoms with Crippen LogP contribution in [0.3, 0.4) is 0 Å². The summed E-state index contributed by atoms with van der Waals surface area (Å²) in [5, 5.41) is 2.25. The first kappa shape index (κ1) is 34.6. The van der Waals surface area contributed by atoms with Crippen LogP contribution in [0.25, 0.3) is 27.6 Å². The van der Waals surface area contributed by atoms with Crippen molar-refractivity contribution in [1.29, 1.82) is 0 Å². The molecule has 0 amide bonds. The molecule has 1 aliphatic rings. The Morgan fingerprint density at radius 3 is 2.06 bits per heavy atom. The van der Waals surface area contributed by atoms with Gasteiger partial charge in [0.15, 0.2) is 0 Å². The summed E-state index contributed by atoms with van der Waals surface area (Å²) < 4.78 is 8.90. The summed E-state index contributed by atoms with van der Waals surface area (Å²) in [7, 11) is 0. The minimum atomic E-state index is -0.123. The molecule has 51 heavy (non-hydrogen) atoms. The molecule has 0 atom stereocenters. The molecule has 0 fully saturated rings. The van der Waals surface area contributed by atoms with E-state index in [1.807, 2.05) is 12.3 Å². The smallest absolute Gasteiger partial charge is 0.135 e. The van der Waals surface area contributed by atoms with Crippen molar-refractivity contribution in [3.05, 3.63) is 151 Å². The van der Waals surface area contributed by atoms with Gasteiger partial charge in [-0.15, -0.1) is 53.6 Å². The van der Waals surface area contributed by atoms with E-state index in [-0.39, 0.29) is 31.9 Å². The molecule has 0 saturated carbocycles. The summed E-state index contributed by atoms with van der Waals surface area (Å²) in [4.78, 5) is 9.27. The van der Waals surface area contributed by atoms with E-state index in [1.165, 1.54) is 11.1 Å². The Kier molecular flexibility index (Phi) is 8.84. The standard InChI is InChI=1S/C45H41N4O.Pt/c1-30-16-18-33(19-17-30)47-29-48(41-15-11-10-14-40(41)47)34-24-32(45(5,6)7)25-36(27-34)50-35-20-21-38-37-12-8-9-13-39(37)49(42(38)28-35)43-26-31(22-23-46-43)44(2,3)4;/h8-26,29H,1-7H3;/q-3;. The number of ether oxygens (including phenoxy) is 1. The van der Waals surface area contributed by atoms with Gasteiger partial charge in [0, 0.05) is 61.3 Å². The predicted molar refractivity (Wildman–Crippen MR) is 206 cm³/mol. The van der Waals surface area contributed by atoms with Crippen LogP contribution < -0.4 is 14.5 Å². The first-order valence-electron chi connectivity index (χ1n) is 17.2. The fourth-order valence-electron chi connectivity index (χ4n) is 6.66. The van der Waals surface area contributed by atoms with Crippen molar-refractivity contribution in [1.82, 2.24) is 9.55 Å². The number of pyridine rings is 1. The van der Waals surface area contributed by atoms with Gasteiger partial charge in [0.25, 0.3) is 0 Å². The van der Waals surface area contributed by atoms with Crippen LogP contribution in [0.1, 0.15) is 58.2 Å². The second-order valence-corrected chi connectivity index (χ2v) is 15.2. The largest absolute Gasteiger partial charge is 0.509 e. The minimum Gasteiger partial charge on any atom is -0.509 e. The number of aromatic nitrogens is 2. The van der Waals surface area contributed by atoms with Crippen LogP contribution >= 0.6 is 0 Å². The second-order valence-electron chi connectivity index (χ2n) is 15.2. The number of nitrogens with zero attached hydrogens (tertiary/aromatic N) is 4. The Morgan fingerprint density at radius 1 is 0.647 bits per heavy atom. The van der Waals surface area contributed by atoms with E-state index in [9.17, 15) is 0 Å². The summed E-state index contributed by atoms with van der Waals surface area (Å²) in [6, 6.07) is 45.6. The van der Waals surface area contributed by atoms with E-state index in [2.05, 4.69) is 185 Å². The van der Waals surface area contributed by atoms with E-state index in [4.69, 9.17) is 9.72 Å². The summed E-state index contributed by atoms with van der Waals surface area (Å²) >= 11 is 0. The number of rotatable bonds is 5. The molecule has 0 unspecified atom stereocenters. The van der Waals surface area contributed by atoms with Crippen LogP contribution in [0.2, 0.25) is 0 Å². The van der Waals surface area contributed by atoms with Crippen LogP contribution in [0.4, 0.5) is 22.7 Å². The average Bonchev–Trinajstić information content (AvgIpc) is 3.64. The van der Waals surface area contributed by atoms with Gasteiger partial charge in [-0.3, -0.25) is 0 Å². The first-order chi connectivity index (χ1) is 23.9. The van der Waals surface area contributed by atoms with Crippen molar-refractivity contribution >= 4 is 44.6 Å². The maximum Gasteiger partial charge on any atom is 0.135 e. The van der Waals surface area contributed by atoms with Crippen LogP contribution in [0.15, 0.2) is 115 Å². The second kappa shape index (κ2) is 13.0. The van der Waals surface area contributed by atoms with Crippen molar-refractivity contribution in [3.63, 3.8) is 0 Å². The van der Waals surface area contributed by atoms with Crippen LogP contribution in [0, 0.1) is 25.7 Å². The van der Waals surface area contributed by atoms with Gasteiger partial charge in [-0.05, 0) is 71.2 Å². The first-order valence-corrected chi connectivity index (χ1v) is 17.2. The maximum absolute atomic E-state index is 6.70. The Balaban J connectivity index is 0.00000406. The molecule has 260 valence electrons. The number of hydrogen-bond acceptors (Lipinski definition) is 4. The molecule has 1 aliphatic heterocycles. The molecule has 8 rings (SSSR count). The normalized spacial score (nSPS) is 13.1. The molecule has 0 aliphatic carbocycles. The molecule has 0 radical (unpaired) electrons. The third-order valence-electron chi connectivity index (χ3n) is 9.52. The van der Waals surface area contributed by atoms with E-state index >= 15 is 0 Å². The summed E-state index contributed by atoms with van der Waals surface area (Å²) in [5.74, 6) is 2.12. The summed E-state index contributed by atoms with van der Waals surface area (Å²) in [6.45, 7) is 17.6. The third kappa shape index (κ3) is 6.45. The number of benzene rings is 5. The van der Waals surface area contributed by atoms with Crippen molar-refractivity contribution in [2.45, 2.75) is 59.3 Å². The fourth-order valence-corrected chi connectivity index (χ4v) is 6.66. The Morgan fingerprint density at radius 2 is 1.33 bits per heavy atom. The summed E-state index contributed by atoms with van der Waals surface area (Å²) in [5.41, 5.74) is 9.70. The van der Waals surface area contributed by atoms with Gasteiger partial charge < -0.3 is 19.1 Å².